The van der Waals surface area contributed by atoms with Gasteiger partial charge in [-0.15, -0.1) is 0 Å². The van der Waals surface area contributed by atoms with Crippen molar-refractivity contribution in [2.24, 2.45) is 17.8 Å². The first-order valence-corrected chi connectivity index (χ1v) is 13.4. The lowest BCUT2D eigenvalue weighted by Crippen LogP contribution is -2.47. The SMILES string of the molecule is O=C(O)C[C@@H]1CC[C@@H](N(CC2CCCCC2)CC2CCCCC2)[C@H](c2cc(F)cc(F)c2)C1. The van der Waals surface area contributed by atoms with E-state index in [1.807, 2.05) is 0 Å². The van der Waals surface area contributed by atoms with Gasteiger partial charge in [0, 0.05) is 31.6 Å². The monoisotopic (exact) mass is 461 g/mol. The van der Waals surface area contributed by atoms with Gasteiger partial charge in [-0.2, -0.15) is 0 Å². The molecule has 33 heavy (non-hydrogen) atoms. The van der Waals surface area contributed by atoms with E-state index in [9.17, 15) is 18.7 Å². The maximum atomic E-state index is 14.2. The Morgan fingerprint density at radius 1 is 0.788 bits per heavy atom. The number of carbonyl (C=O) groups is 1. The molecule has 0 unspecified atom stereocenters. The van der Waals surface area contributed by atoms with Crippen LogP contribution in [0.3, 0.4) is 0 Å². The second-order valence-corrected chi connectivity index (χ2v) is 11.1. The molecule has 5 heteroatoms. The number of halogens is 2. The van der Waals surface area contributed by atoms with Crippen LogP contribution < -0.4 is 0 Å². The Labute approximate surface area is 197 Å². The van der Waals surface area contributed by atoms with E-state index in [4.69, 9.17) is 0 Å². The van der Waals surface area contributed by atoms with Gasteiger partial charge in [0.25, 0.3) is 0 Å². The molecule has 1 aromatic carbocycles. The third-order valence-corrected chi connectivity index (χ3v) is 8.60. The molecule has 0 saturated heterocycles. The zero-order valence-corrected chi connectivity index (χ0v) is 20.0. The number of carboxylic acids is 1. The van der Waals surface area contributed by atoms with Crippen molar-refractivity contribution < 1.29 is 18.7 Å². The van der Waals surface area contributed by atoms with Gasteiger partial charge in [-0.1, -0.05) is 38.5 Å². The molecule has 0 spiro atoms. The van der Waals surface area contributed by atoms with Gasteiger partial charge in [0.05, 0.1) is 0 Å². The molecule has 0 heterocycles. The largest absolute Gasteiger partial charge is 0.481 e. The van der Waals surface area contributed by atoms with Crippen LogP contribution in [0.4, 0.5) is 8.78 Å². The minimum absolute atomic E-state index is 0.0134. The molecule has 1 N–H and O–H groups in total. The smallest absolute Gasteiger partial charge is 0.303 e. The van der Waals surface area contributed by atoms with Crippen LogP contribution in [0.1, 0.15) is 101 Å². The van der Waals surface area contributed by atoms with Crippen LogP contribution in [0.25, 0.3) is 0 Å². The van der Waals surface area contributed by atoms with Gasteiger partial charge in [0.2, 0.25) is 0 Å². The van der Waals surface area contributed by atoms with Gasteiger partial charge in [0.1, 0.15) is 11.6 Å². The van der Waals surface area contributed by atoms with E-state index in [0.29, 0.717) is 23.8 Å². The molecule has 3 nitrogen and oxygen atoms in total. The highest BCUT2D eigenvalue weighted by Crippen LogP contribution is 2.42. The second kappa shape index (κ2) is 11.8. The Morgan fingerprint density at radius 2 is 1.33 bits per heavy atom. The molecular weight excluding hydrogens is 420 g/mol. The second-order valence-electron chi connectivity index (χ2n) is 11.1. The standard InChI is InChI=1S/C28H41F2NO2/c29-24-15-23(16-25(30)17-24)26-13-22(14-28(32)33)11-12-27(26)31(18-20-7-3-1-4-8-20)19-21-9-5-2-6-10-21/h15-17,20-22,26-27H,1-14,18-19H2,(H,32,33)/t22-,26+,27-/m1/s1. The summed E-state index contributed by atoms with van der Waals surface area (Å²) in [6.07, 6.45) is 15.7. The van der Waals surface area contributed by atoms with E-state index in [1.165, 1.54) is 76.3 Å². The quantitative estimate of drug-likeness (QED) is 0.447. The topological polar surface area (TPSA) is 40.5 Å². The van der Waals surface area contributed by atoms with Gasteiger partial charge in [0.15, 0.2) is 0 Å². The summed E-state index contributed by atoms with van der Waals surface area (Å²) in [5, 5.41) is 9.39. The first-order valence-electron chi connectivity index (χ1n) is 13.4. The lowest BCUT2D eigenvalue weighted by atomic mass is 9.72. The van der Waals surface area contributed by atoms with Gasteiger partial charge in [-0.25, -0.2) is 8.78 Å². The third-order valence-electron chi connectivity index (χ3n) is 8.60. The summed E-state index contributed by atoms with van der Waals surface area (Å²) in [6.45, 7) is 2.16. The van der Waals surface area contributed by atoms with Gasteiger partial charge >= 0.3 is 5.97 Å². The van der Waals surface area contributed by atoms with E-state index in [0.717, 1.165) is 32.0 Å². The molecule has 0 amide bonds. The van der Waals surface area contributed by atoms with Gasteiger partial charge < -0.3 is 5.11 Å². The highest BCUT2D eigenvalue weighted by molar-refractivity contribution is 5.67. The molecule has 184 valence electrons. The fraction of sp³-hybridized carbons (Fsp3) is 0.750. The van der Waals surface area contributed by atoms with E-state index in [-0.39, 0.29) is 24.3 Å². The Balaban J connectivity index is 1.59. The molecule has 1 aromatic rings. The summed E-state index contributed by atoms with van der Waals surface area (Å²) in [4.78, 5) is 14.1. The summed E-state index contributed by atoms with van der Waals surface area (Å²) in [5.41, 5.74) is 0.713. The van der Waals surface area contributed by atoms with E-state index < -0.39 is 17.6 Å². The molecule has 0 bridgehead atoms. The summed E-state index contributed by atoms with van der Waals surface area (Å²) in [5.74, 6) is -0.357. The van der Waals surface area contributed by atoms with Crippen molar-refractivity contribution in [3.8, 4) is 0 Å². The molecule has 3 aliphatic rings. The van der Waals surface area contributed by atoms with Crippen LogP contribution in [-0.2, 0) is 4.79 Å². The lowest BCUT2D eigenvalue weighted by molar-refractivity contribution is -0.138. The van der Waals surface area contributed by atoms with Crippen molar-refractivity contribution >= 4 is 5.97 Å². The third kappa shape index (κ3) is 7.00. The Morgan fingerprint density at radius 3 is 1.85 bits per heavy atom. The minimum Gasteiger partial charge on any atom is -0.481 e. The van der Waals surface area contributed by atoms with Crippen LogP contribution in [0.15, 0.2) is 18.2 Å². The highest BCUT2D eigenvalue weighted by Gasteiger charge is 2.38. The van der Waals surface area contributed by atoms with Crippen LogP contribution in [0.5, 0.6) is 0 Å². The zero-order chi connectivity index (χ0) is 23.2. The molecule has 3 saturated carbocycles. The average Bonchev–Trinajstić information content (AvgIpc) is 2.79. The fourth-order valence-electron chi connectivity index (χ4n) is 7.01. The number of nitrogens with zero attached hydrogens (tertiary/aromatic N) is 1. The molecule has 0 aromatic heterocycles. The predicted octanol–water partition coefficient (Wildman–Crippen LogP) is 7.15. The van der Waals surface area contributed by atoms with E-state index >= 15 is 0 Å². The van der Waals surface area contributed by atoms with Crippen molar-refractivity contribution in [1.82, 2.24) is 4.90 Å². The van der Waals surface area contributed by atoms with Crippen molar-refractivity contribution in [3.63, 3.8) is 0 Å². The first-order chi connectivity index (χ1) is 16.0. The molecule has 3 atom stereocenters. The lowest BCUT2D eigenvalue weighted by Gasteiger charge is -2.45. The van der Waals surface area contributed by atoms with Gasteiger partial charge in [-0.05, 0) is 86.3 Å². The maximum absolute atomic E-state index is 14.2. The number of rotatable bonds is 8. The summed E-state index contributed by atoms with van der Waals surface area (Å²) >= 11 is 0. The van der Waals surface area contributed by atoms with Crippen molar-refractivity contribution in [2.45, 2.75) is 102 Å². The average molecular weight is 462 g/mol. The first kappa shape index (κ1) is 24.6. The Hall–Kier alpha value is -1.49. The highest BCUT2D eigenvalue weighted by atomic mass is 19.1. The van der Waals surface area contributed by atoms with Crippen molar-refractivity contribution in [3.05, 3.63) is 35.4 Å². The fourth-order valence-corrected chi connectivity index (χ4v) is 7.01. The van der Waals surface area contributed by atoms with E-state index in [1.54, 1.807) is 0 Å². The predicted molar refractivity (Wildman–Crippen MR) is 127 cm³/mol. The van der Waals surface area contributed by atoms with Crippen LogP contribution in [-0.4, -0.2) is 35.1 Å². The number of hydrogen-bond donors (Lipinski definition) is 1. The molecule has 4 rings (SSSR count). The summed E-state index contributed by atoms with van der Waals surface area (Å²) < 4.78 is 28.4. The molecule has 0 radical (unpaired) electrons. The Kier molecular flexibility index (Phi) is 8.78. The van der Waals surface area contributed by atoms with E-state index in [2.05, 4.69) is 4.90 Å². The molecule has 3 aliphatic carbocycles. The van der Waals surface area contributed by atoms with Crippen molar-refractivity contribution in [1.29, 1.82) is 0 Å². The molecular formula is C28H41F2NO2. The normalized spacial score (nSPS) is 27.7. The summed E-state index contributed by atoms with van der Waals surface area (Å²) in [7, 11) is 0. The number of aliphatic carboxylic acids is 1. The Bertz CT molecular complexity index is 733. The number of carboxylic acid groups (broad SMARTS) is 1. The molecule has 0 aliphatic heterocycles. The minimum atomic E-state index is -0.774. The zero-order valence-electron chi connectivity index (χ0n) is 20.0. The van der Waals surface area contributed by atoms with Crippen LogP contribution >= 0.6 is 0 Å². The van der Waals surface area contributed by atoms with Crippen molar-refractivity contribution in [2.75, 3.05) is 13.1 Å². The maximum Gasteiger partial charge on any atom is 0.303 e. The number of hydrogen-bond acceptors (Lipinski definition) is 2. The summed E-state index contributed by atoms with van der Waals surface area (Å²) in [6, 6.07) is 4.16. The van der Waals surface area contributed by atoms with Gasteiger partial charge in [-0.3, -0.25) is 9.69 Å². The number of benzene rings is 1. The molecule has 3 fully saturated rings. The van der Waals surface area contributed by atoms with Crippen LogP contribution in [0, 0.1) is 29.4 Å². The van der Waals surface area contributed by atoms with Crippen LogP contribution in [0.2, 0.25) is 0 Å².